The second-order valence-corrected chi connectivity index (χ2v) is 3.14. The van der Waals surface area contributed by atoms with Crippen LogP contribution in [0.25, 0.3) is 0 Å². The number of hydrogen-bond acceptors (Lipinski definition) is 2. The quantitative estimate of drug-likeness (QED) is 0.552. The maximum absolute atomic E-state index is 11.2. The average molecular weight is 161 g/mol. The van der Waals surface area contributed by atoms with Crippen molar-refractivity contribution in [2.45, 2.75) is 19.8 Å². The van der Waals surface area contributed by atoms with Crippen molar-refractivity contribution in [1.82, 2.24) is 0 Å². The van der Waals surface area contributed by atoms with Crippen LogP contribution in [0.5, 0.6) is 0 Å². The van der Waals surface area contributed by atoms with Crippen LogP contribution in [0.2, 0.25) is 0 Å². The smallest absolute Gasteiger partial charge is 0.173 e. The topological polar surface area (TPSA) is 40.9 Å². The first-order valence-electron chi connectivity index (χ1n) is 3.94. The number of allylic oxidation sites excluding steroid dienone is 3. The maximum atomic E-state index is 11.2. The molecule has 0 bridgehead atoms. The molecule has 0 spiro atoms. The number of nitrogens with zero attached hydrogens (tertiary/aromatic N) is 1. The van der Waals surface area contributed by atoms with Gasteiger partial charge >= 0.3 is 0 Å². The van der Waals surface area contributed by atoms with Gasteiger partial charge in [0.15, 0.2) is 5.78 Å². The van der Waals surface area contributed by atoms with Crippen LogP contribution >= 0.6 is 0 Å². The second kappa shape index (κ2) is 3.36. The van der Waals surface area contributed by atoms with Crippen molar-refractivity contribution in [2.75, 3.05) is 0 Å². The number of rotatable bonds is 1. The first kappa shape index (κ1) is 8.73. The summed E-state index contributed by atoms with van der Waals surface area (Å²) in [5.41, 5.74) is 1.34. The molecule has 2 heteroatoms. The van der Waals surface area contributed by atoms with Gasteiger partial charge in [0, 0.05) is 6.42 Å². The van der Waals surface area contributed by atoms with E-state index >= 15 is 0 Å². The summed E-state index contributed by atoms with van der Waals surface area (Å²) in [4.78, 5) is 11.2. The van der Waals surface area contributed by atoms with E-state index in [4.69, 9.17) is 5.26 Å². The standard InChI is InChI=1S/C10H11NO/c1-7(2)8-3-4-9(6-11)10(12)5-8/h4,8H,1,3,5H2,2H3. The predicted molar refractivity (Wildman–Crippen MR) is 46.2 cm³/mol. The summed E-state index contributed by atoms with van der Waals surface area (Å²) >= 11 is 0. The van der Waals surface area contributed by atoms with Gasteiger partial charge < -0.3 is 0 Å². The summed E-state index contributed by atoms with van der Waals surface area (Å²) in [6.07, 6.45) is 2.95. The fourth-order valence-corrected chi connectivity index (χ4v) is 1.27. The number of Topliss-reactive ketones (excluding diaryl/α,β-unsaturated/α-hetero) is 1. The Bertz CT molecular complexity index is 293. The Morgan fingerprint density at radius 1 is 1.83 bits per heavy atom. The van der Waals surface area contributed by atoms with Crippen molar-refractivity contribution < 1.29 is 4.79 Å². The van der Waals surface area contributed by atoms with Gasteiger partial charge in [-0.25, -0.2) is 0 Å². The SMILES string of the molecule is C=C(C)C1CC=C(C#N)C(=O)C1. The van der Waals surface area contributed by atoms with Crippen molar-refractivity contribution in [3.63, 3.8) is 0 Å². The third-order valence-electron chi connectivity index (χ3n) is 2.16. The maximum Gasteiger partial charge on any atom is 0.173 e. The predicted octanol–water partition coefficient (Wildman–Crippen LogP) is 1.99. The van der Waals surface area contributed by atoms with Crippen LogP contribution in [-0.4, -0.2) is 5.78 Å². The van der Waals surface area contributed by atoms with Crippen LogP contribution in [0.4, 0.5) is 0 Å². The summed E-state index contributed by atoms with van der Waals surface area (Å²) < 4.78 is 0. The molecule has 0 aromatic carbocycles. The third kappa shape index (κ3) is 1.62. The van der Waals surface area contributed by atoms with Crippen molar-refractivity contribution in [1.29, 1.82) is 5.26 Å². The van der Waals surface area contributed by atoms with E-state index in [0.717, 1.165) is 12.0 Å². The summed E-state index contributed by atoms with van der Waals surface area (Å²) in [5, 5.41) is 8.52. The zero-order chi connectivity index (χ0) is 9.14. The van der Waals surface area contributed by atoms with Crippen LogP contribution < -0.4 is 0 Å². The molecule has 0 saturated carbocycles. The molecular weight excluding hydrogens is 150 g/mol. The van der Waals surface area contributed by atoms with Gasteiger partial charge in [-0.1, -0.05) is 18.2 Å². The van der Waals surface area contributed by atoms with E-state index in [9.17, 15) is 4.79 Å². The highest BCUT2D eigenvalue weighted by Crippen LogP contribution is 2.25. The first-order valence-corrected chi connectivity index (χ1v) is 3.94. The van der Waals surface area contributed by atoms with Gasteiger partial charge in [-0.2, -0.15) is 5.26 Å². The van der Waals surface area contributed by atoms with Gasteiger partial charge in [0.05, 0.1) is 5.57 Å². The Hall–Kier alpha value is -1.36. The molecule has 0 saturated heterocycles. The van der Waals surface area contributed by atoms with E-state index < -0.39 is 0 Å². The Morgan fingerprint density at radius 2 is 2.50 bits per heavy atom. The Morgan fingerprint density at radius 3 is 2.92 bits per heavy atom. The minimum absolute atomic E-state index is 0.0447. The van der Waals surface area contributed by atoms with Crippen LogP contribution in [0, 0.1) is 17.2 Å². The molecule has 0 aromatic rings. The lowest BCUT2D eigenvalue weighted by Crippen LogP contribution is -2.15. The van der Waals surface area contributed by atoms with Gasteiger partial charge in [0.25, 0.3) is 0 Å². The van der Waals surface area contributed by atoms with Crippen LogP contribution in [0.1, 0.15) is 19.8 Å². The molecule has 0 fully saturated rings. The molecular formula is C10H11NO. The molecule has 1 atom stereocenters. The highest BCUT2D eigenvalue weighted by Gasteiger charge is 2.21. The van der Waals surface area contributed by atoms with E-state index in [1.165, 1.54) is 0 Å². The van der Waals surface area contributed by atoms with Crippen molar-refractivity contribution in [2.24, 2.45) is 5.92 Å². The summed E-state index contributed by atoms with van der Waals surface area (Å²) in [7, 11) is 0. The first-order chi connectivity index (χ1) is 5.65. The fraction of sp³-hybridized carbons (Fsp3) is 0.400. The zero-order valence-electron chi connectivity index (χ0n) is 7.13. The molecule has 0 radical (unpaired) electrons. The minimum atomic E-state index is -0.0447. The lowest BCUT2D eigenvalue weighted by atomic mass is 9.85. The van der Waals surface area contributed by atoms with Crippen molar-refractivity contribution in [3.8, 4) is 6.07 Å². The van der Waals surface area contributed by atoms with E-state index in [1.807, 2.05) is 13.0 Å². The highest BCUT2D eigenvalue weighted by atomic mass is 16.1. The summed E-state index contributed by atoms with van der Waals surface area (Å²) in [6, 6.07) is 1.90. The van der Waals surface area contributed by atoms with E-state index in [0.29, 0.717) is 12.0 Å². The second-order valence-electron chi connectivity index (χ2n) is 3.14. The molecule has 1 aliphatic rings. The average Bonchev–Trinajstić information content (AvgIpc) is 2.04. The van der Waals surface area contributed by atoms with E-state index in [1.54, 1.807) is 6.08 Å². The zero-order valence-corrected chi connectivity index (χ0v) is 7.13. The highest BCUT2D eigenvalue weighted by molar-refractivity contribution is 6.00. The minimum Gasteiger partial charge on any atom is -0.293 e. The molecule has 0 amide bonds. The van der Waals surface area contributed by atoms with Gasteiger partial charge in [0.1, 0.15) is 6.07 Å². The summed E-state index contributed by atoms with van der Waals surface area (Å²) in [6.45, 7) is 5.72. The molecule has 0 N–H and O–H groups in total. The molecule has 1 aliphatic carbocycles. The number of nitriles is 1. The number of carbonyl (C=O) groups is 1. The molecule has 0 heterocycles. The molecule has 1 rings (SSSR count). The molecule has 0 aromatic heterocycles. The molecule has 2 nitrogen and oxygen atoms in total. The molecule has 62 valence electrons. The van der Waals surface area contributed by atoms with E-state index in [2.05, 4.69) is 6.58 Å². The molecule has 0 aliphatic heterocycles. The van der Waals surface area contributed by atoms with Crippen LogP contribution in [0.3, 0.4) is 0 Å². The van der Waals surface area contributed by atoms with Gasteiger partial charge in [-0.05, 0) is 19.3 Å². The lowest BCUT2D eigenvalue weighted by Gasteiger charge is -2.17. The van der Waals surface area contributed by atoms with Crippen molar-refractivity contribution >= 4 is 5.78 Å². The van der Waals surface area contributed by atoms with Crippen LogP contribution in [0.15, 0.2) is 23.8 Å². The fourth-order valence-electron chi connectivity index (χ4n) is 1.27. The van der Waals surface area contributed by atoms with Gasteiger partial charge in [-0.3, -0.25) is 4.79 Å². The normalized spacial score (nSPS) is 22.8. The Labute approximate surface area is 72.2 Å². The number of ketones is 1. The number of carbonyl (C=O) groups excluding carboxylic acids is 1. The van der Waals surface area contributed by atoms with E-state index in [-0.39, 0.29) is 11.7 Å². The van der Waals surface area contributed by atoms with Crippen LogP contribution in [-0.2, 0) is 4.79 Å². The molecule has 12 heavy (non-hydrogen) atoms. The van der Waals surface area contributed by atoms with Gasteiger partial charge in [0.2, 0.25) is 0 Å². The van der Waals surface area contributed by atoms with Crippen molar-refractivity contribution in [3.05, 3.63) is 23.8 Å². The monoisotopic (exact) mass is 161 g/mol. The Balaban J connectivity index is 2.78. The third-order valence-corrected chi connectivity index (χ3v) is 2.16. The Kier molecular flexibility index (Phi) is 2.44. The summed E-state index contributed by atoms with van der Waals surface area (Å²) in [5.74, 6) is 0.200. The largest absolute Gasteiger partial charge is 0.293 e. The van der Waals surface area contributed by atoms with Gasteiger partial charge in [-0.15, -0.1) is 0 Å². The number of hydrogen-bond donors (Lipinski definition) is 0. The lowest BCUT2D eigenvalue weighted by molar-refractivity contribution is -0.116. The molecule has 1 unspecified atom stereocenters.